The maximum atomic E-state index is 13.6. The van der Waals surface area contributed by atoms with Gasteiger partial charge >= 0.3 is 5.97 Å². The van der Waals surface area contributed by atoms with Gasteiger partial charge in [0, 0.05) is 31.1 Å². The van der Waals surface area contributed by atoms with Gasteiger partial charge in [0.25, 0.3) is 5.91 Å². The van der Waals surface area contributed by atoms with E-state index in [4.69, 9.17) is 4.74 Å². The van der Waals surface area contributed by atoms with Crippen molar-refractivity contribution in [3.8, 4) is 5.75 Å². The quantitative estimate of drug-likeness (QED) is 0.377. The predicted octanol–water partition coefficient (Wildman–Crippen LogP) is 4.88. The topological polar surface area (TPSA) is 97.5 Å². The Balaban J connectivity index is 1.43. The van der Waals surface area contributed by atoms with Crippen LogP contribution in [0.1, 0.15) is 56.9 Å². The molecule has 3 aromatic carbocycles. The standard InChI is InChI=1S/C31H30N4O4/c1-20-5-9-25-17-26(20)31(38)34-13-11-21-6-7-22(15-24(21)19-34)27(18-30(36)37)23-8-10-29-28(16-23)32-33-35(29)12-3-2-4-14-39-25/h2,4-10,15-17,27H,3,11-14,18-19H2,1H3,(H,36,37)/b4-2+. The highest BCUT2D eigenvalue weighted by Crippen LogP contribution is 2.33. The van der Waals surface area contributed by atoms with Gasteiger partial charge in [-0.3, -0.25) is 9.59 Å². The Labute approximate surface area is 226 Å². The number of benzene rings is 3. The number of aromatic nitrogens is 3. The van der Waals surface area contributed by atoms with Gasteiger partial charge < -0.3 is 14.7 Å². The maximum Gasteiger partial charge on any atom is 0.304 e. The van der Waals surface area contributed by atoms with Crippen molar-refractivity contribution in [1.82, 2.24) is 19.9 Å². The smallest absolute Gasteiger partial charge is 0.304 e. The highest BCUT2D eigenvalue weighted by Gasteiger charge is 2.26. The molecular formula is C31H30N4O4. The molecule has 0 fully saturated rings. The Morgan fingerprint density at radius 2 is 1.87 bits per heavy atom. The third-order valence-electron chi connectivity index (χ3n) is 7.71. The van der Waals surface area contributed by atoms with Crippen molar-refractivity contribution in [1.29, 1.82) is 0 Å². The van der Waals surface area contributed by atoms with Gasteiger partial charge in [-0.15, -0.1) is 5.10 Å². The molecule has 0 aliphatic carbocycles. The molecule has 0 spiro atoms. The Bertz CT molecular complexity index is 1610. The molecule has 1 atom stereocenters. The number of carbonyl (C=O) groups is 2. The largest absolute Gasteiger partial charge is 0.490 e. The van der Waals surface area contributed by atoms with E-state index in [1.165, 1.54) is 5.56 Å². The van der Waals surface area contributed by atoms with Gasteiger partial charge in [-0.25, -0.2) is 4.68 Å². The van der Waals surface area contributed by atoms with E-state index in [9.17, 15) is 14.7 Å². The van der Waals surface area contributed by atoms with Crippen LogP contribution in [-0.4, -0.2) is 50.0 Å². The fraction of sp³-hybridized carbons (Fsp3) is 0.290. The molecule has 3 aliphatic rings. The number of hydrogen-bond donors (Lipinski definition) is 1. The number of hydrogen-bond acceptors (Lipinski definition) is 5. The Morgan fingerprint density at radius 3 is 2.74 bits per heavy atom. The van der Waals surface area contributed by atoms with E-state index in [1.807, 2.05) is 71.1 Å². The number of aliphatic carboxylic acids is 1. The molecule has 4 heterocycles. The number of aryl methyl sites for hydroxylation is 2. The molecule has 1 N–H and O–H groups in total. The summed E-state index contributed by atoms with van der Waals surface area (Å²) in [5.74, 6) is -0.575. The minimum absolute atomic E-state index is 0.0228. The molecular weight excluding hydrogens is 492 g/mol. The van der Waals surface area contributed by atoms with E-state index in [0.717, 1.165) is 46.1 Å². The Kier molecular flexibility index (Phi) is 6.60. The second-order valence-corrected chi connectivity index (χ2v) is 10.3. The van der Waals surface area contributed by atoms with Gasteiger partial charge in [0.1, 0.15) is 17.9 Å². The van der Waals surface area contributed by atoms with E-state index in [1.54, 1.807) is 0 Å². The molecule has 7 rings (SSSR count). The van der Waals surface area contributed by atoms with Crippen LogP contribution in [0.15, 0.2) is 66.7 Å². The first-order chi connectivity index (χ1) is 19.0. The number of ether oxygens (including phenoxy) is 1. The second-order valence-electron chi connectivity index (χ2n) is 10.3. The van der Waals surface area contributed by atoms with Gasteiger partial charge in [0.2, 0.25) is 0 Å². The van der Waals surface area contributed by atoms with Crippen LogP contribution in [0.3, 0.4) is 0 Å². The lowest BCUT2D eigenvalue weighted by Crippen LogP contribution is -2.36. The monoisotopic (exact) mass is 522 g/mol. The summed E-state index contributed by atoms with van der Waals surface area (Å²) in [6.45, 7) is 4.11. The first kappa shape index (κ1) is 24.9. The number of allylic oxidation sites excluding steroid dienone is 1. The van der Waals surface area contributed by atoms with E-state index < -0.39 is 5.97 Å². The first-order valence-corrected chi connectivity index (χ1v) is 13.3. The van der Waals surface area contributed by atoms with Gasteiger partial charge in [0.15, 0.2) is 0 Å². The summed E-state index contributed by atoms with van der Waals surface area (Å²) in [7, 11) is 0. The zero-order valence-electron chi connectivity index (χ0n) is 21.8. The number of amides is 1. The lowest BCUT2D eigenvalue weighted by Gasteiger charge is -2.30. The molecule has 0 radical (unpaired) electrons. The van der Waals surface area contributed by atoms with Crippen molar-refractivity contribution in [3.63, 3.8) is 0 Å². The number of nitrogens with zero attached hydrogens (tertiary/aromatic N) is 4. The summed E-state index contributed by atoms with van der Waals surface area (Å²) < 4.78 is 7.79. The molecule has 1 aromatic heterocycles. The molecule has 8 heteroatoms. The lowest BCUT2D eigenvalue weighted by atomic mass is 9.85. The van der Waals surface area contributed by atoms with E-state index in [0.29, 0.717) is 37.6 Å². The molecule has 0 saturated heterocycles. The van der Waals surface area contributed by atoms with Crippen molar-refractivity contribution in [2.75, 3.05) is 13.2 Å². The third kappa shape index (κ3) is 5.02. The third-order valence-corrected chi connectivity index (χ3v) is 7.71. The summed E-state index contributed by atoms with van der Waals surface area (Å²) >= 11 is 0. The highest BCUT2D eigenvalue weighted by molar-refractivity contribution is 5.96. The van der Waals surface area contributed by atoms with Crippen LogP contribution in [-0.2, 0) is 24.3 Å². The summed E-state index contributed by atoms with van der Waals surface area (Å²) in [5.41, 5.74) is 7.24. The predicted molar refractivity (Wildman–Crippen MR) is 147 cm³/mol. The number of carboxylic acid groups (broad SMARTS) is 1. The van der Waals surface area contributed by atoms with Crippen molar-refractivity contribution in [2.24, 2.45) is 0 Å². The average Bonchev–Trinajstić information content (AvgIpc) is 3.35. The second kappa shape index (κ2) is 10.4. The van der Waals surface area contributed by atoms with E-state index in [2.05, 4.69) is 22.4 Å². The van der Waals surface area contributed by atoms with Crippen LogP contribution < -0.4 is 4.74 Å². The van der Waals surface area contributed by atoms with Gasteiger partial charge in [-0.2, -0.15) is 0 Å². The summed E-state index contributed by atoms with van der Waals surface area (Å²) in [4.78, 5) is 27.4. The zero-order chi connectivity index (χ0) is 26.9. The fourth-order valence-electron chi connectivity index (χ4n) is 5.56. The maximum absolute atomic E-state index is 13.6. The summed E-state index contributed by atoms with van der Waals surface area (Å²) in [6, 6.07) is 17.7. The van der Waals surface area contributed by atoms with Gasteiger partial charge in [-0.1, -0.05) is 47.7 Å². The Morgan fingerprint density at radius 1 is 1.03 bits per heavy atom. The lowest BCUT2D eigenvalue weighted by molar-refractivity contribution is -0.137. The molecule has 1 unspecified atom stereocenters. The summed E-state index contributed by atoms with van der Waals surface area (Å²) in [5, 5.41) is 18.5. The van der Waals surface area contributed by atoms with E-state index >= 15 is 0 Å². The van der Waals surface area contributed by atoms with Crippen molar-refractivity contribution >= 4 is 22.9 Å². The molecule has 4 aromatic rings. The number of carbonyl (C=O) groups excluding carboxylic acids is 1. The molecule has 198 valence electrons. The molecule has 39 heavy (non-hydrogen) atoms. The highest BCUT2D eigenvalue weighted by atomic mass is 16.5. The van der Waals surface area contributed by atoms with Crippen LogP contribution in [0.2, 0.25) is 0 Å². The Hall–Kier alpha value is -4.46. The van der Waals surface area contributed by atoms with Crippen molar-refractivity contribution in [2.45, 2.75) is 45.2 Å². The van der Waals surface area contributed by atoms with Crippen LogP contribution >= 0.6 is 0 Å². The number of carboxylic acids is 1. The molecule has 0 saturated carbocycles. The van der Waals surface area contributed by atoms with Crippen LogP contribution in [0.5, 0.6) is 5.75 Å². The fourth-order valence-corrected chi connectivity index (χ4v) is 5.56. The van der Waals surface area contributed by atoms with Crippen molar-refractivity contribution in [3.05, 3.63) is 100 Å². The number of fused-ring (bicyclic) bond motifs is 5. The average molecular weight is 523 g/mol. The van der Waals surface area contributed by atoms with Crippen LogP contribution in [0, 0.1) is 6.92 Å². The van der Waals surface area contributed by atoms with Crippen LogP contribution in [0.4, 0.5) is 0 Å². The molecule has 3 aliphatic heterocycles. The molecule has 8 nitrogen and oxygen atoms in total. The minimum atomic E-state index is -0.867. The minimum Gasteiger partial charge on any atom is -0.490 e. The SMILES string of the molecule is Cc1ccc2cc1C(=O)N1CCc3ccc(cc3C1)C(CC(=O)O)c1ccc3c(c1)nnn3CC/C=C/CO2. The molecule has 9 bridgehead atoms. The number of rotatable bonds is 2. The van der Waals surface area contributed by atoms with Crippen molar-refractivity contribution < 1.29 is 19.4 Å². The van der Waals surface area contributed by atoms with E-state index in [-0.39, 0.29) is 18.2 Å². The molecule has 1 amide bonds. The van der Waals surface area contributed by atoms with Gasteiger partial charge in [-0.05, 0) is 71.8 Å². The normalized spacial score (nSPS) is 18.2. The van der Waals surface area contributed by atoms with Crippen LogP contribution in [0.25, 0.3) is 11.0 Å². The first-order valence-electron chi connectivity index (χ1n) is 13.3. The summed E-state index contributed by atoms with van der Waals surface area (Å²) in [6.07, 6.45) is 5.48. The van der Waals surface area contributed by atoms with Gasteiger partial charge in [0.05, 0.1) is 11.9 Å². The zero-order valence-corrected chi connectivity index (χ0v) is 21.8.